The molecule has 0 unspecified atom stereocenters. The summed E-state index contributed by atoms with van der Waals surface area (Å²) in [6.07, 6.45) is 0. The van der Waals surface area contributed by atoms with Crippen molar-refractivity contribution in [1.29, 1.82) is 0 Å². The predicted octanol–water partition coefficient (Wildman–Crippen LogP) is 0.698. The molecule has 0 spiro atoms. The van der Waals surface area contributed by atoms with Crippen LogP contribution in [0.5, 0.6) is 0 Å². The van der Waals surface area contributed by atoms with Crippen molar-refractivity contribution in [2.75, 3.05) is 19.9 Å². The Morgan fingerprint density at radius 2 is 2.18 bits per heavy atom. The molecule has 1 fully saturated rings. The molecule has 0 aromatic rings. The van der Waals surface area contributed by atoms with Gasteiger partial charge in [0.25, 0.3) is 0 Å². The lowest BCUT2D eigenvalue weighted by molar-refractivity contribution is -0.132. The molecule has 1 N–H and O–H groups in total. The highest BCUT2D eigenvalue weighted by Crippen LogP contribution is 2.38. The Morgan fingerprint density at radius 3 is 2.71 bits per heavy atom. The number of nitrogens with zero attached hydrogens (tertiary/aromatic N) is 3. The van der Waals surface area contributed by atoms with Crippen molar-refractivity contribution in [3.8, 4) is 0 Å². The topological polar surface area (TPSA) is 56.1 Å². The Balaban J connectivity index is 2.22. The number of rotatable bonds is 1. The van der Waals surface area contributed by atoms with E-state index in [0.717, 1.165) is 5.17 Å². The van der Waals surface area contributed by atoms with E-state index < -0.39 is 4.75 Å². The molecule has 2 rings (SSSR count). The molecule has 0 aromatic carbocycles. The number of thioether (sulfide) groups is 1. The number of hydrogen-bond acceptors (Lipinski definition) is 5. The van der Waals surface area contributed by atoms with Crippen molar-refractivity contribution >= 4 is 22.8 Å². The molecule has 0 saturated carbocycles. The summed E-state index contributed by atoms with van der Waals surface area (Å²) in [7, 11) is 0. The molecule has 17 heavy (non-hydrogen) atoms. The maximum absolute atomic E-state index is 12.2. The lowest BCUT2D eigenvalue weighted by Crippen LogP contribution is -2.53. The van der Waals surface area contributed by atoms with Crippen LogP contribution in [0, 0.1) is 0 Å². The summed E-state index contributed by atoms with van der Waals surface area (Å²) in [6, 6.07) is 0. The highest BCUT2D eigenvalue weighted by atomic mass is 32.2. The van der Waals surface area contributed by atoms with Gasteiger partial charge in [0.2, 0.25) is 5.91 Å². The number of aliphatic hydroxyl groups excluding tert-OH is 1. The second-order valence-corrected chi connectivity index (χ2v) is 7.13. The van der Waals surface area contributed by atoms with E-state index in [1.807, 2.05) is 0 Å². The molecule has 2 aliphatic rings. The van der Waals surface area contributed by atoms with Crippen molar-refractivity contribution in [3.05, 3.63) is 0 Å². The maximum atomic E-state index is 12.2. The number of aliphatic imine (C=N–C) groups is 1. The van der Waals surface area contributed by atoms with E-state index in [1.54, 1.807) is 11.8 Å². The smallest absolute Gasteiger partial charge is 0.248 e. The van der Waals surface area contributed by atoms with Gasteiger partial charge in [0, 0.05) is 5.54 Å². The van der Waals surface area contributed by atoms with E-state index >= 15 is 0 Å². The van der Waals surface area contributed by atoms with Crippen LogP contribution < -0.4 is 0 Å². The van der Waals surface area contributed by atoms with E-state index in [0.29, 0.717) is 13.3 Å². The summed E-state index contributed by atoms with van der Waals surface area (Å²) in [5, 5.41) is 10.1. The summed E-state index contributed by atoms with van der Waals surface area (Å²) >= 11 is 1.37. The Labute approximate surface area is 106 Å². The number of carbonyl (C=O) groups is 1. The van der Waals surface area contributed by atoms with Gasteiger partial charge in [0.05, 0.1) is 19.9 Å². The van der Waals surface area contributed by atoms with Crippen molar-refractivity contribution in [3.63, 3.8) is 0 Å². The number of aliphatic hydroxyl groups is 1. The first-order valence-electron chi connectivity index (χ1n) is 5.69. The summed E-state index contributed by atoms with van der Waals surface area (Å²) < 4.78 is -0.757. The van der Waals surface area contributed by atoms with Crippen LogP contribution in [-0.2, 0) is 4.79 Å². The molecule has 0 bridgehead atoms. The monoisotopic (exact) mass is 257 g/mol. The summed E-state index contributed by atoms with van der Waals surface area (Å²) in [6.45, 7) is 9.09. The second kappa shape index (κ2) is 3.96. The quantitative estimate of drug-likeness (QED) is 0.751. The second-order valence-electron chi connectivity index (χ2n) is 5.66. The lowest BCUT2D eigenvalue weighted by Gasteiger charge is -2.39. The first kappa shape index (κ1) is 12.9. The number of fused-ring (bicyclic) bond motifs is 1. The average Bonchev–Trinajstić information content (AvgIpc) is 2.51. The summed E-state index contributed by atoms with van der Waals surface area (Å²) in [5.41, 5.74) is -0.0157. The largest absolute Gasteiger partial charge is 0.394 e. The fraction of sp³-hybridized carbons (Fsp3) is 0.818. The first-order chi connectivity index (χ1) is 7.78. The number of amidine groups is 1. The molecule has 5 nitrogen and oxygen atoms in total. The Hall–Kier alpha value is -0.590. The standard InChI is InChI=1S/C11H19N3O2S/c1-10(2,3)13-6-12-9-14(7-13)8(16)11(4,5-15)17-9/h15H,5-7H2,1-4H3/t11-/m0/s1. The van der Waals surface area contributed by atoms with Gasteiger partial charge in [-0.1, -0.05) is 11.8 Å². The zero-order valence-electron chi connectivity index (χ0n) is 10.7. The van der Waals surface area contributed by atoms with Gasteiger partial charge in [-0.2, -0.15) is 0 Å². The molecule has 0 aliphatic carbocycles. The number of carbonyl (C=O) groups excluding carboxylic acids is 1. The van der Waals surface area contributed by atoms with Crippen LogP contribution in [0.2, 0.25) is 0 Å². The van der Waals surface area contributed by atoms with E-state index in [4.69, 9.17) is 0 Å². The molecular formula is C11H19N3O2S. The van der Waals surface area contributed by atoms with Crippen molar-refractivity contribution in [2.45, 2.75) is 38.0 Å². The zero-order chi connectivity index (χ0) is 12.8. The summed E-state index contributed by atoms with van der Waals surface area (Å²) in [4.78, 5) is 20.4. The zero-order valence-corrected chi connectivity index (χ0v) is 11.5. The molecule has 0 radical (unpaired) electrons. The minimum atomic E-state index is -0.757. The van der Waals surface area contributed by atoms with Crippen LogP contribution in [0.25, 0.3) is 0 Å². The molecule has 1 atom stereocenters. The van der Waals surface area contributed by atoms with Gasteiger partial charge in [-0.15, -0.1) is 0 Å². The molecule has 2 aliphatic heterocycles. The first-order valence-corrected chi connectivity index (χ1v) is 6.51. The SMILES string of the molecule is CC(C)(C)N1CN=C2S[C@@](C)(CO)C(=O)N2C1. The van der Waals surface area contributed by atoms with Crippen molar-refractivity contribution in [2.24, 2.45) is 4.99 Å². The van der Waals surface area contributed by atoms with Crippen LogP contribution in [-0.4, -0.2) is 56.2 Å². The number of hydrogen-bond donors (Lipinski definition) is 1. The van der Waals surface area contributed by atoms with Crippen molar-refractivity contribution < 1.29 is 9.90 Å². The van der Waals surface area contributed by atoms with Crippen molar-refractivity contribution in [1.82, 2.24) is 9.80 Å². The molecule has 0 aromatic heterocycles. The highest BCUT2D eigenvalue weighted by Gasteiger charge is 2.49. The van der Waals surface area contributed by atoms with Gasteiger partial charge >= 0.3 is 0 Å². The average molecular weight is 257 g/mol. The Morgan fingerprint density at radius 1 is 1.53 bits per heavy atom. The van der Waals surface area contributed by atoms with Gasteiger partial charge in [-0.25, -0.2) is 4.99 Å². The van der Waals surface area contributed by atoms with Crippen LogP contribution in [0.15, 0.2) is 4.99 Å². The third-order valence-electron chi connectivity index (χ3n) is 3.18. The van der Waals surface area contributed by atoms with Gasteiger partial charge in [-0.3, -0.25) is 14.6 Å². The van der Waals surface area contributed by atoms with Crippen LogP contribution >= 0.6 is 11.8 Å². The minimum absolute atomic E-state index is 0.0157. The number of amides is 1. The van der Waals surface area contributed by atoms with Crippen LogP contribution in [0.4, 0.5) is 0 Å². The normalized spacial score (nSPS) is 30.5. The van der Waals surface area contributed by atoms with E-state index in [2.05, 4.69) is 30.7 Å². The molecule has 1 amide bonds. The summed E-state index contributed by atoms with van der Waals surface area (Å²) in [5.74, 6) is -0.0438. The van der Waals surface area contributed by atoms with E-state index in [9.17, 15) is 9.90 Å². The van der Waals surface area contributed by atoms with Gasteiger partial charge in [-0.05, 0) is 27.7 Å². The van der Waals surface area contributed by atoms with Crippen LogP contribution in [0.1, 0.15) is 27.7 Å². The maximum Gasteiger partial charge on any atom is 0.248 e. The van der Waals surface area contributed by atoms with Gasteiger partial charge in [0.15, 0.2) is 5.17 Å². The Kier molecular flexibility index (Phi) is 3.00. The highest BCUT2D eigenvalue weighted by molar-refractivity contribution is 8.16. The lowest BCUT2D eigenvalue weighted by atomic mass is 10.1. The Bertz CT molecular complexity index is 377. The van der Waals surface area contributed by atoms with Gasteiger partial charge in [0.1, 0.15) is 4.75 Å². The fourth-order valence-electron chi connectivity index (χ4n) is 1.80. The predicted molar refractivity (Wildman–Crippen MR) is 68.7 cm³/mol. The molecule has 6 heteroatoms. The third-order valence-corrected chi connectivity index (χ3v) is 4.47. The molecule has 1 saturated heterocycles. The van der Waals surface area contributed by atoms with E-state index in [-0.39, 0.29) is 18.1 Å². The third kappa shape index (κ3) is 2.09. The fourth-order valence-corrected chi connectivity index (χ4v) is 2.84. The van der Waals surface area contributed by atoms with Gasteiger partial charge < -0.3 is 5.11 Å². The van der Waals surface area contributed by atoms with E-state index in [1.165, 1.54) is 11.8 Å². The molecule has 96 valence electrons. The molecule has 2 heterocycles. The minimum Gasteiger partial charge on any atom is -0.394 e. The van der Waals surface area contributed by atoms with Crippen LogP contribution in [0.3, 0.4) is 0 Å². The molecular weight excluding hydrogens is 238 g/mol.